The van der Waals surface area contributed by atoms with Crippen LogP contribution >= 0.6 is 23.1 Å². The van der Waals surface area contributed by atoms with Crippen LogP contribution < -0.4 is 5.32 Å². The molecule has 8 heteroatoms. The summed E-state index contributed by atoms with van der Waals surface area (Å²) in [6.45, 7) is 3.83. The number of aromatic nitrogens is 1. The van der Waals surface area contributed by atoms with Crippen molar-refractivity contribution in [2.45, 2.75) is 30.5 Å². The van der Waals surface area contributed by atoms with E-state index in [1.165, 1.54) is 53.8 Å². The lowest BCUT2D eigenvalue weighted by Gasteiger charge is -2.30. The molecule has 1 atom stereocenters. The molecule has 1 N–H and O–H groups in total. The van der Waals surface area contributed by atoms with E-state index in [0.717, 1.165) is 29.5 Å². The summed E-state index contributed by atoms with van der Waals surface area (Å²) >= 11 is 2.77. The third kappa shape index (κ3) is 6.04. The number of benzene rings is 1. The minimum atomic E-state index is -0.341. The summed E-state index contributed by atoms with van der Waals surface area (Å²) in [6.07, 6.45) is 2.56. The molecule has 2 heterocycles. The lowest BCUT2D eigenvalue weighted by molar-refractivity contribution is -0.132. The summed E-state index contributed by atoms with van der Waals surface area (Å²) in [5.41, 5.74) is 1.31. The Morgan fingerprint density at radius 1 is 1.37 bits per heavy atom. The Bertz CT molecular complexity index is 795. The predicted molar refractivity (Wildman–Crippen MR) is 107 cm³/mol. The van der Waals surface area contributed by atoms with Gasteiger partial charge in [-0.05, 0) is 43.0 Å². The van der Waals surface area contributed by atoms with Crippen molar-refractivity contribution >= 4 is 40.6 Å². The van der Waals surface area contributed by atoms with Crippen molar-refractivity contribution in [3.8, 4) is 0 Å². The van der Waals surface area contributed by atoms with Gasteiger partial charge in [-0.15, -0.1) is 11.3 Å². The Balaban J connectivity index is 1.45. The minimum Gasteiger partial charge on any atom is -0.342 e. The summed E-state index contributed by atoms with van der Waals surface area (Å²) in [6, 6.07) is 5.64. The van der Waals surface area contributed by atoms with Gasteiger partial charge in [0.25, 0.3) is 0 Å². The van der Waals surface area contributed by atoms with Gasteiger partial charge < -0.3 is 10.2 Å². The van der Waals surface area contributed by atoms with Crippen LogP contribution in [0.1, 0.15) is 25.5 Å². The number of piperidine rings is 1. The number of hydrogen-bond donors (Lipinski definition) is 1. The zero-order valence-corrected chi connectivity index (χ0v) is 16.7. The van der Waals surface area contributed by atoms with Crippen molar-refractivity contribution in [2.24, 2.45) is 5.92 Å². The Kier molecular flexibility index (Phi) is 6.84. The molecule has 1 aliphatic rings. The first-order valence-electron chi connectivity index (χ1n) is 8.90. The minimum absolute atomic E-state index is 0.123. The van der Waals surface area contributed by atoms with Crippen LogP contribution in [-0.4, -0.2) is 40.5 Å². The van der Waals surface area contributed by atoms with Crippen molar-refractivity contribution in [3.63, 3.8) is 0 Å². The highest BCUT2D eigenvalue weighted by Gasteiger charge is 2.21. The maximum Gasteiger partial charge on any atom is 0.234 e. The van der Waals surface area contributed by atoms with E-state index in [-0.39, 0.29) is 23.4 Å². The molecular formula is C19H22FN3O2S2. The van der Waals surface area contributed by atoms with Crippen LogP contribution in [0.4, 0.5) is 10.1 Å². The molecule has 27 heavy (non-hydrogen) atoms. The number of thioether (sulfide) groups is 1. The van der Waals surface area contributed by atoms with Crippen LogP contribution in [-0.2, 0) is 16.0 Å². The van der Waals surface area contributed by atoms with Crippen molar-refractivity contribution in [1.29, 1.82) is 0 Å². The first kappa shape index (κ1) is 19.8. The smallest absolute Gasteiger partial charge is 0.234 e. The summed E-state index contributed by atoms with van der Waals surface area (Å²) in [5, 5.41) is 4.60. The van der Waals surface area contributed by atoms with E-state index in [1.54, 1.807) is 0 Å². The van der Waals surface area contributed by atoms with E-state index in [2.05, 4.69) is 17.2 Å². The fraction of sp³-hybridized carbons (Fsp3) is 0.421. The van der Waals surface area contributed by atoms with Gasteiger partial charge in [0.15, 0.2) is 4.34 Å². The number of hydrogen-bond acceptors (Lipinski definition) is 5. The Morgan fingerprint density at radius 2 is 2.15 bits per heavy atom. The number of thiazole rings is 1. The number of amides is 2. The quantitative estimate of drug-likeness (QED) is 0.740. The van der Waals surface area contributed by atoms with Gasteiger partial charge in [0.05, 0.1) is 17.9 Å². The Hall–Kier alpha value is -1.93. The van der Waals surface area contributed by atoms with E-state index in [1.807, 2.05) is 10.3 Å². The largest absolute Gasteiger partial charge is 0.342 e. The molecule has 1 aliphatic heterocycles. The van der Waals surface area contributed by atoms with Crippen molar-refractivity contribution < 1.29 is 14.0 Å². The first-order valence-corrected chi connectivity index (χ1v) is 10.8. The van der Waals surface area contributed by atoms with Crippen LogP contribution in [0.25, 0.3) is 0 Å². The van der Waals surface area contributed by atoms with E-state index >= 15 is 0 Å². The van der Waals surface area contributed by atoms with Crippen molar-refractivity contribution in [1.82, 2.24) is 9.88 Å². The predicted octanol–water partition coefficient (Wildman–Crippen LogP) is 3.81. The summed E-state index contributed by atoms with van der Waals surface area (Å²) < 4.78 is 13.6. The molecule has 0 unspecified atom stereocenters. The highest BCUT2D eigenvalue weighted by molar-refractivity contribution is 8.01. The summed E-state index contributed by atoms with van der Waals surface area (Å²) in [4.78, 5) is 30.8. The topological polar surface area (TPSA) is 62.3 Å². The molecule has 1 aromatic heterocycles. The van der Waals surface area contributed by atoms with Crippen LogP contribution in [0.3, 0.4) is 0 Å². The number of carbonyl (C=O) groups excluding carboxylic acids is 2. The van der Waals surface area contributed by atoms with Crippen LogP contribution in [0.15, 0.2) is 34.0 Å². The standard InChI is InChI=1S/C19H22FN3O2S2/c1-13-3-2-8-23(10-13)18(25)9-16-11-26-19(22-16)27-12-17(24)21-15-6-4-14(20)5-7-15/h4-7,11,13H,2-3,8-10,12H2,1H3,(H,21,24)/t13-/m0/s1. The van der Waals surface area contributed by atoms with Crippen LogP contribution in [0.2, 0.25) is 0 Å². The van der Waals surface area contributed by atoms with Gasteiger partial charge in [0.2, 0.25) is 11.8 Å². The van der Waals surface area contributed by atoms with Crippen LogP contribution in [0.5, 0.6) is 0 Å². The van der Waals surface area contributed by atoms with E-state index < -0.39 is 0 Å². The lowest BCUT2D eigenvalue weighted by Crippen LogP contribution is -2.39. The fourth-order valence-corrected chi connectivity index (χ4v) is 4.62. The molecule has 0 saturated carbocycles. The van der Waals surface area contributed by atoms with Gasteiger partial charge in [0, 0.05) is 24.2 Å². The Labute approximate surface area is 166 Å². The molecule has 1 fully saturated rings. The SMILES string of the molecule is C[C@H]1CCCN(C(=O)Cc2csc(SCC(=O)Nc3ccc(F)cc3)n2)C1. The molecule has 1 aromatic carbocycles. The highest BCUT2D eigenvalue weighted by atomic mass is 32.2. The van der Waals surface area contributed by atoms with Crippen molar-refractivity contribution in [2.75, 3.05) is 24.2 Å². The molecule has 3 rings (SSSR count). The van der Waals surface area contributed by atoms with Crippen molar-refractivity contribution in [3.05, 3.63) is 41.2 Å². The number of halogens is 1. The van der Waals surface area contributed by atoms with E-state index in [4.69, 9.17) is 0 Å². The third-order valence-electron chi connectivity index (χ3n) is 4.33. The van der Waals surface area contributed by atoms with Gasteiger partial charge >= 0.3 is 0 Å². The molecule has 0 spiro atoms. The van der Waals surface area contributed by atoms with Gasteiger partial charge in [-0.25, -0.2) is 9.37 Å². The number of nitrogens with zero attached hydrogens (tertiary/aromatic N) is 2. The highest BCUT2D eigenvalue weighted by Crippen LogP contribution is 2.24. The molecule has 144 valence electrons. The van der Waals surface area contributed by atoms with Gasteiger partial charge in [-0.3, -0.25) is 9.59 Å². The summed E-state index contributed by atoms with van der Waals surface area (Å²) in [7, 11) is 0. The molecule has 1 saturated heterocycles. The zero-order chi connectivity index (χ0) is 19.2. The second kappa shape index (κ2) is 9.32. The number of carbonyl (C=O) groups is 2. The molecular weight excluding hydrogens is 385 g/mol. The number of anilines is 1. The van der Waals surface area contributed by atoms with E-state index in [0.29, 0.717) is 18.0 Å². The zero-order valence-electron chi connectivity index (χ0n) is 15.1. The third-order valence-corrected chi connectivity index (χ3v) is 6.40. The number of rotatable bonds is 6. The van der Waals surface area contributed by atoms with Crippen LogP contribution in [0, 0.1) is 11.7 Å². The maximum absolute atomic E-state index is 12.9. The fourth-order valence-electron chi connectivity index (χ4n) is 2.98. The number of nitrogens with one attached hydrogen (secondary N) is 1. The average molecular weight is 408 g/mol. The van der Waals surface area contributed by atoms with E-state index in [9.17, 15) is 14.0 Å². The Morgan fingerprint density at radius 3 is 2.89 bits per heavy atom. The lowest BCUT2D eigenvalue weighted by atomic mass is 10.00. The maximum atomic E-state index is 12.9. The second-order valence-corrected chi connectivity index (χ2v) is 8.79. The molecule has 0 bridgehead atoms. The first-order chi connectivity index (χ1) is 13.0. The van der Waals surface area contributed by atoms with Gasteiger partial charge in [-0.1, -0.05) is 18.7 Å². The second-order valence-electron chi connectivity index (χ2n) is 6.71. The normalized spacial score (nSPS) is 17.0. The molecule has 2 amide bonds. The summed E-state index contributed by atoms with van der Waals surface area (Å²) in [5.74, 6) is 0.372. The number of likely N-dealkylation sites (tertiary alicyclic amines) is 1. The molecule has 0 aliphatic carbocycles. The van der Waals surface area contributed by atoms with Gasteiger partial charge in [-0.2, -0.15) is 0 Å². The molecule has 2 aromatic rings. The average Bonchev–Trinajstić information content (AvgIpc) is 3.09. The molecule has 0 radical (unpaired) electrons. The molecule has 5 nitrogen and oxygen atoms in total. The van der Waals surface area contributed by atoms with Gasteiger partial charge in [0.1, 0.15) is 5.82 Å². The monoisotopic (exact) mass is 407 g/mol.